The van der Waals surface area contributed by atoms with Crippen molar-refractivity contribution in [1.82, 2.24) is 0 Å². The summed E-state index contributed by atoms with van der Waals surface area (Å²) in [6.07, 6.45) is -1.30. The Morgan fingerprint density at radius 3 is 2.78 bits per heavy atom. The van der Waals surface area contributed by atoms with E-state index in [1.54, 1.807) is 0 Å². The number of rotatable bonds is 3. The molecule has 0 aliphatic carbocycles. The highest BCUT2D eigenvalue weighted by Gasteiger charge is 2.15. The van der Waals surface area contributed by atoms with Crippen molar-refractivity contribution in [3.63, 3.8) is 0 Å². The molecule has 4 heteroatoms. The molecule has 0 rings (SSSR count). The van der Waals surface area contributed by atoms with E-state index in [0.29, 0.717) is 5.33 Å². The second kappa shape index (κ2) is 4.73. The van der Waals surface area contributed by atoms with Crippen molar-refractivity contribution in [1.29, 1.82) is 0 Å². The smallest absolute Gasteiger partial charge is 0.340 e. The lowest BCUT2D eigenvalue weighted by Crippen LogP contribution is -2.17. The summed E-state index contributed by atoms with van der Waals surface area (Å²) >= 11 is 3.00. The van der Waals surface area contributed by atoms with Gasteiger partial charge >= 0.3 is 5.97 Å². The Labute approximate surface area is 61.5 Å². The van der Waals surface area contributed by atoms with Gasteiger partial charge in [0.05, 0.1) is 7.11 Å². The van der Waals surface area contributed by atoms with Crippen LogP contribution >= 0.6 is 15.9 Å². The van der Waals surface area contributed by atoms with Crippen LogP contribution in [0.5, 0.6) is 0 Å². The highest BCUT2D eigenvalue weighted by Crippen LogP contribution is 2.01. The van der Waals surface area contributed by atoms with Gasteiger partial charge in [-0.1, -0.05) is 15.9 Å². The molecule has 1 unspecified atom stereocenters. The first-order valence-corrected chi connectivity index (χ1v) is 3.62. The summed E-state index contributed by atoms with van der Waals surface area (Å²) in [5.74, 6) is -0.797. The average molecular weight is 199 g/mol. The lowest BCUT2D eigenvalue weighted by molar-refractivity contribution is -0.146. The van der Waals surface area contributed by atoms with Gasteiger partial charge < -0.3 is 4.74 Å². The molecule has 1 atom stereocenters. The monoisotopic (exact) mass is 198 g/mol. The van der Waals surface area contributed by atoms with Crippen LogP contribution in [0.2, 0.25) is 0 Å². The molecule has 0 aliphatic rings. The van der Waals surface area contributed by atoms with Gasteiger partial charge in [0.25, 0.3) is 0 Å². The normalized spacial score (nSPS) is 12.8. The van der Waals surface area contributed by atoms with E-state index in [1.165, 1.54) is 7.11 Å². The minimum Gasteiger partial charge on any atom is -0.467 e. The molecule has 0 radical (unpaired) electrons. The number of hydrogen-bond donors (Lipinski definition) is 0. The molecule has 0 fully saturated rings. The van der Waals surface area contributed by atoms with Gasteiger partial charge in [0, 0.05) is 5.33 Å². The Kier molecular flexibility index (Phi) is 4.67. The molecular formula is C5H8BrFO2. The molecular weight excluding hydrogens is 191 g/mol. The third-order valence-corrected chi connectivity index (χ3v) is 1.28. The number of halogens is 2. The second-order valence-corrected chi connectivity index (χ2v) is 2.26. The number of alkyl halides is 2. The van der Waals surface area contributed by atoms with Crippen molar-refractivity contribution >= 4 is 21.9 Å². The molecule has 0 aromatic heterocycles. The fourth-order valence-electron chi connectivity index (χ4n) is 0.342. The highest BCUT2D eigenvalue weighted by molar-refractivity contribution is 9.09. The van der Waals surface area contributed by atoms with Gasteiger partial charge in [0.1, 0.15) is 0 Å². The van der Waals surface area contributed by atoms with Crippen molar-refractivity contribution in [3.8, 4) is 0 Å². The molecule has 0 aromatic rings. The maximum atomic E-state index is 12.3. The predicted octanol–water partition coefficient (Wildman–Crippen LogP) is 1.28. The fourth-order valence-corrected chi connectivity index (χ4v) is 0.743. The number of esters is 1. The second-order valence-electron chi connectivity index (χ2n) is 1.47. The van der Waals surface area contributed by atoms with Crippen LogP contribution in [0, 0.1) is 0 Å². The average Bonchev–Trinajstić information content (AvgIpc) is 1.87. The number of ether oxygens (including phenoxy) is 1. The van der Waals surface area contributed by atoms with Gasteiger partial charge in [-0.3, -0.25) is 0 Å². The maximum absolute atomic E-state index is 12.3. The molecule has 54 valence electrons. The summed E-state index contributed by atoms with van der Waals surface area (Å²) in [4.78, 5) is 10.3. The zero-order valence-corrected chi connectivity index (χ0v) is 6.65. The first kappa shape index (κ1) is 8.88. The first-order chi connectivity index (χ1) is 4.22. The SMILES string of the molecule is COC(=O)C(F)CCBr. The van der Waals surface area contributed by atoms with Crippen molar-refractivity contribution in [2.75, 3.05) is 12.4 Å². The van der Waals surface area contributed by atoms with Crippen molar-refractivity contribution in [2.24, 2.45) is 0 Å². The minimum absolute atomic E-state index is 0.173. The van der Waals surface area contributed by atoms with E-state index >= 15 is 0 Å². The van der Waals surface area contributed by atoms with Crippen LogP contribution in [0.25, 0.3) is 0 Å². The molecule has 0 heterocycles. The molecule has 0 aliphatic heterocycles. The van der Waals surface area contributed by atoms with E-state index < -0.39 is 12.1 Å². The molecule has 0 saturated carbocycles. The lowest BCUT2D eigenvalue weighted by atomic mass is 10.3. The number of carbonyl (C=O) groups excluding carboxylic acids is 1. The Morgan fingerprint density at radius 1 is 1.89 bits per heavy atom. The van der Waals surface area contributed by atoms with E-state index in [9.17, 15) is 9.18 Å². The Hall–Kier alpha value is -0.120. The first-order valence-electron chi connectivity index (χ1n) is 2.50. The summed E-state index contributed by atoms with van der Waals surface area (Å²) in [6, 6.07) is 0. The Bertz CT molecular complexity index is 97.0. The van der Waals surface area contributed by atoms with Gasteiger partial charge in [0.15, 0.2) is 6.17 Å². The van der Waals surface area contributed by atoms with Gasteiger partial charge in [-0.2, -0.15) is 0 Å². The van der Waals surface area contributed by atoms with Crippen LogP contribution in [0.15, 0.2) is 0 Å². The molecule has 0 saturated heterocycles. The third-order valence-electron chi connectivity index (χ3n) is 0.819. The summed E-state index contributed by atoms with van der Waals surface area (Å²) in [7, 11) is 1.17. The van der Waals surface area contributed by atoms with E-state index in [0.717, 1.165) is 0 Å². The number of hydrogen-bond acceptors (Lipinski definition) is 2. The number of methoxy groups -OCH3 is 1. The minimum atomic E-state index is -1.48. The zero-order chi connectivity index (χ0) is 7.28. The van der Waals surface area contributed by atoms with Crippen molar-refractivity contribution < 1.29 is 13.9 Å². The third kappa shape index (κ3) is 3.46. The Morgan fingerprint density at radius 2 is 2.44 bits per heavy atom. The lowest BCUT2D eigenvalue weighted by Gasteiger charge is -2.01. The maximum Gasteiger partial charge on any atom is 0.340 e. The van der Waals surface area contributed by atoms with Crippen LogP contribution in [0.1, 0.15) is 6.42 Å². The standard InChI is InChI=1S/C5H8BrFO2/c1-9-5(8)4(7)2-3-6/h4H,2-3H2,1H3. The van der Waals surface area contributed by atoms with Crippen molar-refractivity contribution in [3.05, 3.63) is 0 Å². The summed E-state index contributed by atoms with van der Waals surface area (Å²) < 4.78 is 16.4. The van der Waals surface area contributed by atoms with Gasteiger partial charge in [-0.25, -0.2) is 9.18 Å². The molecule has 0 spiro atoms. The van der Waals surface area contributed by atoms with Crippen LogP contribution in [-0.4, -0.2) is 24.6 Å². The molecule has 0 amide bonds. The largest absolute Gasteiger partial charge is 0.467 e. The van der Waals surface area contributed by atoms with Gasteiger partial charge in [-0.15, -0.1) is 0 Å². The van der Waals surface area contributed by atoms with Crippen molar-refractivity contribution in [2.45, 2.75) is 12.6 Å². The van der Waals surface area contributed by atoms with Crippen LogP contribution in [-0.2, 0) is 9.53 Å². The highest BCUT2D eigenvalue weighted by atomic mass is 79.9. The van der Waals surface area contributed by atoms with Gasteiger partial charge in [-0.05, 0) is 6.42 Å². The van der Waals surface area contributed by atoms with E-state index in [-0.39, 0.29) is 6.42 Å². The molecule has 9 heavy (non-hydrogen) atoms. The summed E-state index contributed by atoms with van der Waals surface area (Å²) in [5, 5.41) is 0.475. The topological polar surface area (TPSA) is 26.3 Å². The quantitative estimate of drug-likeness (QED) is 0.505. The van der Waals surface area contributed by atoms with Crippen LogP contribution in [0.4, 0.5) is 4.39 Å². The molecule has 2 nitrogen and oxygen atoms in total. The summed E-state index contributed by atoms with van der Waals surface area (Å²) in [6.45, 7) is 0. The van der Waals surface area contributed by atoms with Crippen LogP contribution < -0.4 is 0 Å². The van der Waals surface area contributed by atoms with E-state index in [1.807, 2.05) is 0 Å². The zero-order valence-electron chi connectivity index (χ0n) is 5.06. The Balaban J connectivity index is 3.45. The summed E-state index contributed by atoms with van der Waals surface area (Å²) in [5.41, 5.74) is 0. The number of carbonyl (C=O) groups is 1. The molecule has 0 aromatic carbocycles. The fraction of sp³-hybridized carbons (Fsp3) is 0.800. The molecule has 0 N–H and O–H groups in total. The van der Waals surface area contributed by atoms with Gasteiger partial charge in [0.2, 0.25) is 0 Å². The van der Waals surface area contributed by atoms with E-state index in [4.69, 9.17) is 0 Å². The van der Waals surface area contributed by atoms with Crippen LogP contribution in [0.3, 0.4) is 0 Å². The molecule has 0 bridgehead atoms. The predicted molar refractivity (Wildman–Crippen MR) is 35.3 cm³/mol. The van der Waals surface area contributed by atoms with E-state index in [2.05, 4.69) is 20.7 Å².